The molecule has 0 amide bonds. The van der Waals surface area contributed by atoms with Crippen LogP contribution in [0.3, 0.4) is 0 Å². The van der Waals surface area contributed by atoms with E-state index in [1.54, 1.807) is 0 Å². The van der Waals surface area contributed by atoms with E-state index in [1.165, 1.54) is 16.7 Å². The molecule has 0 saturated carbocycles. The van der Waals surface area contributed by atoms with Crippen LogP contribution in [0.25, 0.3) is 0 Å². The molecular formula is C16H18Br2N2. The van der Waals surface area contributed by atoms with Gasteiger partial charge in [-0.15, -0.1) is 0 Å². The smallest absolute Gasteiger partial charge is 0.0636 e. The predicted molar refractivity (Wildman–Crippen MR) is 93.2 cm³/mol. The Morgan fingerprint density at radius 1 is 1.10 bits per heavy atom. The monoisotopic (exact) mass is 396 g/mol. The average Bonchev–Trinajstić information content (AvgIpc) is 2.42. The summed E-state index contributed by atoms with van der Waals surface area (Å²) in [6.45, 7) is 4.74. The lowest BCUT2D eigenvalue weighted by molar-refractivity contribution is 0.789. The van der Waals surface area contributed by atoms with Crippen molar-refractivity contribution in [2.45, 2.75) is 19.9 Å². The van der Waals surface area contributed by atoms with Crippen LogP contribution in [0.4, 0.5) is 5.69 Å². The molecular weight excluding hydrogens is 380 g/mol. The Bertz CT molecular complexity index is 588. The van der Waals surface area contributed by atoms with Gasteiger partial charge in [-0.3, -0.25) is 0 Å². The molecule has 2 aromatic rings. The highest BCUT2D eigenvalue weighted by Crippen LogP contribution is 2.28. The molecule has 2 aromatic carbocycles. The van der Waals surface area contributed by atoms with E-state index < -0.39 is 0 Å². The van der Waals surface area contributed by atoms with Crippen LogP contribution in [0.2, 0.25) is 0 Å². The van der Waals surface area contributed by atoms with E-state index in [4.69, 9.17) is 5.73 Å². The summed E-state index contributed by atoms with van der Waals surface area (Å²) in [5, 5.41) is 3.51. The van der Waals surface area contributed by atoms with Crippen LogP contribution in [0, 0.1) is 13.8 Å². The number of rotatable bonds is 4. The van der Waals surface area contributed by atoms with Crippen LogP contribution < -0.4 is 11.1 Å². The lowest BCUT2D eigenvalue weighted by Gasteiger charge is -2.20. The van der Waals surface area contributed by atoms with E-state index in [9.17, 15) is 0 Å². The second-order valence-electron chi connectivity index (χ2n) is 4.91. The molecule has 3 N–H and O–H groups in total. The molecule has 0 aliphatic carbocycles. The molecule has 0 aliphatic rings. The Balaban J connectivity index is 2.27. The van der Waals surface area contributed by atoms with Crippen LogP contribution >= 0.6 is 31.9 Å². The molecule has 0 radical (unpaired) electrons. The van der Waals surface area contributed by atoms with Crippen LogP contribution in [-0.4, -0.2) is 6.54 Å². The first kappa shape index (κ1) is 15.5. The Hall–Kier alpha value is -0.840. The molecule has 20 heavy (non-hydrogen) atoms. The molecule has 0 fully saturated rings. The van der Waals surface area contributed by atoms with Crippen molar-refractivity contribution in [3.8, 4) is 0 Å². The van der Waals surface area contributed by atoms with Crippen LogP contribution in [0.5, 0.6) is 0 Å². The van der Waals surface area contributed by atoms with Gasteiger partial charge in [-0.1, -0.05) is 44.0 Å². The molecule has 0 heterocycles. The third-order valence-electron chi connectivity index (χ3n) is 3.26. The van der Waals surface area contributed by atoms with Gasteiger partial charge in [-0.25, -0.2) is 0 Å². The van der Waals surface area contributed by atoms with Crippen LogP contribution in [0.1, 0.15) is 22.7 Å². The Labute approximate surface area is 137 Å². The van der Waals surface area contributed by atoms with E-state index in [1.807, 2.05) is 12.1 Å². The molecule has 0 aromatic heterocycles. The summed E-state index contributed by atoms with van der Waals surface area (Å²) in [5.74, 6) is 0. The van der Waals surface area contributed by atoms with Crippen molar-refractivity contribution in [2.75, 3.05) is 11.9 Å². The third kappa shape index (κ3) is 3.62. The van der Waals surface area contributed by atoms with E-state index >= 15 is 0 Å². The van der Waals surface area contributed by atoms with Gasteiger partial charge in [0.1, 0.15) is 0 Å². The van der Waals surface area contributed by atoms with Gasteiger partial charge in [0, 0.05) is 21.2 Å². The first-order chi connectivity index (χ1) is 9.51. The molecule has 0 saturated heterocycles. The second kappa shape index (κ2) is 6.74. The Morgan fingerprint density at radius 3 is 2.30 bits per heavy atom. The van der Waals surface area contributed by atoms with Crippen LogP contribution in [-0.2, 0) is 0 Å². The minimum Gasteiger partial charge on any atom is -0.377 e. The summed E-state index contributed by atoms with van der Waals surface area (Å²) in [6.07, 6.45) is 0. The zero-order chi connectivity index (χ0) is 14.7. The summed E-state index contributed by atoms with van der Waals surface area (Å²) >= 11 is 7.10. The minimum absolute atomic E-state index is 0.104. The molecule has 0 bridgehead atoms. The van der Waals surface area contributed by atoms with Gasteiger partial charge < -0.3 is 11.1 Å². The quantitative estimate of drug-likeness (QED) is 0.766. The van der Waals surface area contributed by atoms with E-state index in [-0.39, 0.29) is 6.04 Å². The third-order valence-corrected chi connectivity index (χ3v) is 5.01. The summed E-state index contributed by atoms with van der Waals surface area (Å²) in [7, 11) is 0. The normalized spacial score (nSPS) is 12.2. The first-order valence-corrected chi connectivity index (χ1v) is 8.08. The number of hydrogen-bond acceptors (Lipinski definition) is 2. The number of nitrogens with one attached hydrogen (secondary N) is 1. The number of halogens is 2. The largest absolute Gasteiger partial charge is 0.377 e. The maximum absolute atomic E-state index is 5.92. The van der Waals surface area contributed by atoms with Crippen molar-refractivity contribution in [3.63, 3.8) is 0 Å². The molecule has 1 unspecified atom stereocenters. The maximum atomic E-state index is 5.92. The molecule has 2 nitrogen and oxygen atoms in total. The van der Waals surface area contributed by atoms with Crippen molar-refractivity contribution in [3.05, 3.63) is 62.0 Å². The first-order valence-electron chi connectivity index (χ1n) is 6.50. The highest BCUT2D eigenvalue weighted by atomic mass is 79.9. The van der Waals surface area contributed by atoms with Gasteiger partial charge in [0.25, 0.3) is 0 Å². The van der Waals surface area contributed by atoms with Gasteiger partial charge in [0.05, 0.1) is 6.04 Å². The molecule has 0 aliphatic heterocycles. The van der Waals surface area contributed by atoms with Crippen molar-refractivity contribution in [1.29, 1.82) is 0 Å². The van der Waals surface area contributed by atoms with Gasteiger partial charge in [-0.05, 0) is 54.8 Å². The van der Waals surface area contributed by atoms with E-state index in [0.717, 1.165) is 14.6 Å². The van der Waals surface area contributed by atoms with Crippen molar-refractivity contribution < 1.29 is 0 Å². The average molecular weight is 398 g/mol. The van der Waals surface area contributed by atoms with Gasteiger partial charge >= 0.3 is 0 Å². The Morgan fingerprint density at radius 2 is 1.75 bits per heavy atom. The molecule has 2 rings (SSSR count). The lowest BCUT2D eigenvalue weighted by atomic mass is 10.1. The zero-order valence-corrected chi connectivity index (χ0v) is 14.8. The standard InChI is InChI=1S/C16H18Br2N2/c1-10-6-14(7-11(2)16(10)18)20-15(9-19)12-4-3-5-13(17)8-12/h3-8,15,20H,9,19H2,1-2H3. The summed E-state index contributed by atoms with van der Waals surface area (Å²) in [5.41, 5.74) is 10.6. The maximum Gasteiger partial charge on any atom is 0.0636 e. The van der Waals surface area contributed by atoms with Crippen molar-refractivity contribution in [2.24, 2.45) is 5.73 Å². The molecule has 0 spiro atoms. The number of anilines is 1. The minimum atomic E-state index is 0.104. The van der Waals surface area contributed by atoms with Gasteiger partial charge in [-0.2, -0.15) is 0 Å². The SMILES string of the molecule is Cc1cc(NC(CN)c2cccc(Br)c2)cc(C)c1Br. The second-order valence-corrected chi connectivity index (χ2v) is 6.62. The van der Waals surface area contributed by atoms with Crippen molar-refractivity contribution >= 4 is 37.5 Å². The number of benzene rings is 2. The van der Waals surface area contributed by atoms with Gasteiger partial charge in [0.15, 0.2) is 0 Å². The van der Waals surface area contributed by atoms with Crippen molar-refractivity contribution in [1.82, 2.24) is 0 Å². The summed E-state index contributed by atoms with van der Waals surface area (Å²) in [6, 6.07) is 12.6. The van der Waals surface area contributed by atoms with E-state index in [0.29, 0.717) is 6.54 Å². The highest BCUT2D eigenvalue weighted by Gasteiger charge is 2.11. The number of nitrogens with two attached hydrogens (primary N) is 1. The fourth-order valence-corrected chi connectivity index (χ4v) is 2.88. The summed E-state index contributed by atoms with van der Waals surface area (Å²) < 4.78 is 2.23. The fraction of sp³-hybridized carbons (Fsp3) is 0.250. The molecule has 4 heteroatoms. The number of hydrogen-bond donors (Lipinski definition) is 2. The lowest BCUT2D eigenvalue weighted by Crippen LogP contribution is -2.20. The fourth-order valence-electron chi connectivity index (χ4n) is 2.23. The number of aryl methyl sites for hydroxylation is 2. The van der Waals surface area contributed by atoms with Gasteiger partial charge in [0.2, 0.25) is 0 Å². The molecule has 106 valence electrons. The Kier molecular flexibility index (Phi) is 5.24. The predicted octanol–water partition coefficient (Wildman–Crippen LogP) is 4.94. The van der Waals surface area contributed by atoms with Crippen LogP contribution in [0.15, 0.2) is 45.3 Å². The summed E-state index contributed by atoms with van der Waals surface area (Å²) in [4.78, 5) is 0. The zero-order valence-electron chi connectivity index (χ0n) is 11.6. The molecule has 1 atom stereocenters. The van der Waals surface area contributed by atoms with E-state index in [2.05, 4.69) is 75.3 Å². The topological polar surface area (TPSA) is 38.0 Å². The highest BCUT2D eigenvalue weighted by molar-refractivity contribution is 9.10.